The van der Waals surface area contributed by atoms with Gasteiger partial charge in [0.2, 0.25) is 0 Å². The summed E-state index contributed by atoms with van der Waals surface area (Å²) in [7, 11) is 1.97. The average molecular weight is 291 g/mol. The van der Waals surface area contributed by atoms with Gasteiger partial charge in [-0.05, 0) is 48.4 Å². The first-order chi connectivity index (χ1) is 9.77. The van der Waals surface area contributed by atoms with Gasteiger partial charge in [0.15, 0.2) is 0 Å². The van der Waals surface area contributed by atoms with Crippen LogP contribution in [0.4, 0.5) is 10.1 Å². The van der Waals surface area contributed by atoms with Crippen molar-refractivity contribution >= 4 is 11.5 Å². The van der Waals surface area contributed by atoms with E-state index >= 15 is 0 Å². The highest BCUT2D eigenvalue weighted by molar-refractivity contribution is 5.82. The quantitative estimate of drug-likeness (QED) is 0.828. The number of nitrogens with zero attached hydrogens (tertiary/aromatic N) is 1. The molecule has 0 bridgehead atoms. The number of halogens is 1. The monoisotopic (exact) mass is 291 g/mol. The third-order valence-electron chi connectivity index (χ3n) is 4.75. The highest BCUT2D eigenvalue weighted by Crippen LogP contribution is 2.39. The molecule has 2 rings (SSSR count). The first-order valence-electron chi connectivity index (χ1n) is 7.77. The molecule has 1 saturated carbocycles. The molecule has 1 aromatic rings. The fourth-order valence-corrected chi connectivity index (χ4v) is 3.21. The lowest BCUT2D eigenvalue weighted by atomic mass is 9.68. The molecule has 0 N–H and O–H groups in total. The van der Waals surface area contributed by atoms with Gasteiger partial charge >= 0.3 is 0 Å². The lowest BCUT2D eigenvalue weighted by Gasteiger charge is -2.38. The Kier molecular flexibility index (Phi) is 4.70. The van der Waals surface area contributed by atoms with Gasteiger partial charge in [0.25, 0.3) is 0 Å². The van der Waals surface area contributed by atoms with Crippen LogP contribution >= 0.6 is 0 Å². The molecule has 21 heavy (non-hydrogen) atoms. The van der Waals surface area contributed by atoms with Crippen molar-refractivity contribution in [3.05, 3.63) is 30.1 Å². The SMILES string of the molecule is CN(CC1CC(C(C)(C)C)CCC1=O)c1ccc(F)cc1. The number of rotatable bonds is 3. The maximum atomic E-state index is 13.0. The molecule has 2 unspecified atom stereocenters. The fourth-order valence-electron chi connectivity index (χ4n) is 3.21. The number of hydrogen-bond acceptors (Lipinski definition) is 2. The summed E-state index contributed by atoms with van der Waals surface area (Å²) in [6.07, 6.45) is 2.68. The van der Waals surface area contributed by atoms with Crippen molar-refractivity contribution in [3.63, 3.8) is 0 Å². The van der Waals surface area contributed by atoms with Crippen LogP contribution in [0.15, 0.2) is 24.3 Å². The van der Waals surface area contributed by atoms with E-state index in [2.05, 4.69) is 25.7 Å². The number of carbonyl (C=O) groups excluding carboxylic acids is 1. The molecule has 0 spiro atoms. The van der Waals surface area contributed by atoms with E-state index in [1.165, 1.54) is 12.1 Å². The molecule has 1 aliphatic carbocycles. The minimum Gasteiger partial charge on any atom is -0.374 e. The van der Waals surface area contributed by atoms with Gasteiger partial charge in [-0.15, -0.1) is 0 Å². The predicted octanol–water partition coefficient (Wildman–Crippen LogP) is 4.29. The number of Topliss-reactive ketones (excluding diaryl/α,β-unsaturated/α-hetero) is 1. The van der Waals surface area contributed by atoms with E-state index in [4.69, 9.17) is 0 Å². The van der Waals surface area contributed by atoms with Crippen LogP contribution in [0.2, 0.25) is 0 Å². The van der Waals surface area contributed by atoms with E-state index in [-0.39, 0.29) is 17.2 Å². The smallest absolute Gasteiger partial charge is 0.137 e. The third kappa shape index (κ3) is 4.05. The molecular weight excluding hydrogens is 265 g/mol. The van der Waals surface area contributed by atoms with Crippen LogP contribution in [0.1, 0.15) is 40.0 Å². The Bertz CT molecular complexity index is 489. The third-order valence-corrected chi connectivity index (χ3v) is 4.75. The molecule has 0 radical (unpaired) electrons. The molecule has 0 aromatic heterocycles. The second-order valence-electron chi connectivity index (χ2n) is 7.36. The van der Waals surface area contributed by atoms with Crippen molar-refractivity contribution in [1.29, 1.82) is 0 Å². The number of ketones is 1. The van der Waals surface area contributed by atoms with Crippen LogP contribution < -0.4 is 4.90 Å². The molecule has 116 valence electrons. The van der Waals surface area contributed by atoms with Gasteiger partial charge in [0.1, 0.15) is 11.6 Å². The topological polar surface area (TPSA) is 20.3 Å². The van der Waals surface area contributed by atoms with Crippen LogP contribution in [-0.4, -0.2) is 19.4 Å². The molecule has 1 aliphatic rings. The Labute approximate surface area is 127 Å². The Morgan fingerprint density at radius 2 is 1.86 bits per heavy atom. The van der Waals surface area contributed by atoms with Crippen molar-refractivity contribution in [2.24, 2.45) is 17.3 Å². The molecule has 2 atom stereocenters. The summed E-state index contributed by atoms with van der Waals surface area (Å²) in [6, 6.07) is 6.47. The number of carbonyl (C=O) groups is 1. The van der Waals surface area contributed by atoms with E-state index in [9.17, 15) is 9.18 Å². The van der Waals surface area contributed by atoms with E-state index < -0.39 is 0 Å². The summed E-state index contributed by atoms with van der Waals surface area (Å²) < 4.78 is 13.0. The lowest BCUT2D eigenvalue weighted by Crippen LogP contribution is -2.38. The molecule has 0 heterocycles. The predicted molar refractivity (Wildman–Crippen MR) is 85.0 cm³/mol. The largest absolute Gasteiger partial charge is 0.374 e. The summed E-state index contributed by atoms with van der Waals surface area (Å²) in [6.45, 7) is 7.49. The van der Waals surface area contributed by atoms with Crippen molar-refractivity contribution in [2.45, 2.75) is 40.0 Å². The van der Waals surface area contributed by atoms with E-state index in [1.807, 2.05) is 7.05 Å². The van der Waals surface area contributed by atoms with Gasteiger partial charge in [-0.1, -0.05) is 20.8 Å². The van der Waals surface area contributed by atoms with Crippen LogP contribution in [-0.2, 0) is 4.79 Å². The van der Waals surface area contributed by atoms with E-state index in [0.717, 1.165) is 25.1 Å². The van der Waals surface area contributed by atoms with Gasteiger partial charge in [0, 0.05) is 31.6 Å². The summed E-state index contributed by atoms with van der Waals surface area (Å²) in [5.41, 5.74) is 1.22. The van der Waals surface area contributed by atoms with Gasteiger partial charge in [0.05, 0.1) is 0 Å². The van der Waals surface area contributed by atoms with Crippen molar-refractivity contribution < 1.29 is 9.18 Å². The molecule has 1 fully saturated rings. The molecule has 0 amide bonds. The standard InChI is InChI=1S/C18H26FNO/c1-18(2,3)14-5-10-17(21)13(11-14)12-20(4)16-8-6-15(19)7-9-16/h6-9,13-14H,5,10-12H2,1-4H3. The maximum absolute atomic E-state index is 13.0. The first-order valence-corrected chi connectivity index (χ1v) is 7.77. The number of anilines is 1. The van der Waals surface area contributed by atoms with Crippen LogP contribution in [0.25, 0.3) is 0 Å². The number of benzene rings is 1. The zero-order valence-corrected chi connectivity index (χ0v) is 13.5. The second-order valence-corrected chi connectivity index (χ2v) is 7.36. The van der Waals surface area contributed by atoms with Gasteiger partial charge < -0.3 is 4.90 Å². The second kappa shape index (κ2) is 6.17. The Hall–Kier alpha value is -1.38. The lowest BCUT2D eigenvalue weighted by molar-refractivity contribution is -0.126. The van der Waals surface area contributed by atoms with E-state index in [0.29, 0.717) is 18.1 Å². The average Bonchev–Trinajstić information content (AvgIpc) is 2.40. The minimum absolute atomic E-state index is 0.0954. The first kappa shape index (κ1) is 16.0. The van der Waals surface area contributed by atoms with Gasteiger partial charge in [-0.2, -0.15) is 0 Å². The van der Waals surface area contributed by atoms with Gasteiger partial charge in [-0.3, -0.25) is 4.79 Å². The highest BCUT2D eigenvalue weighted by atomic mass is 19.1. The molecule has 0 saturated heterocycles. The van der Waals surface area contributed by atoms with Crippen LogP contribution in [0, 0.1) is 23.1 Å². The molecule has 1 aromatic carbocycles. The maximum Gasteiger partial charge on any atom is 0.137 e. The summed E-state index contributed by atoms with van der Waals surface area (Å²) in [4.78, 5) is 14.3. The van der Waals surface area contributed by atoms with Crippen molar-refractivity contribution in [1.82, 2.24) is 0 Å². The van der Waals surface area contributed by atoms with Gasteiger partial charge in [-0.25, -0.2) is 4.39 Å². The molecule has 0 aliphatic heterocycles. The number of hydrogen-bond donors (Lipinski definition) is 0. The Balaban J connectivity index is 2.03. The summed E-state index contributed by atoms with van der Waals surface area (Å²) >= 11 is 0. The highest BCUT2D eigenvalue weighted by Gasteiger charge is 2.35. The normalized spacial score (nSPS) is 23.2. The molecular formula is C18H26FNO. The van der Waals surface area contributed by atoms with Crippen LogP contribution in [0.3, 0.4) is 0 Å². The summed E-state index contributed by atoms with van der Waals surface area (Å²) in [5.74, 6) is 0.845. The Morgan fingerprint density at radius 3 is 2.43 bits per heavy atom. The zero-order chi connectivity index (χ0) is 15.6. The van der Waals surface area contributed by atoms with Crippen molar-refractivity contribution in [2.75, 3.05) is 18.5 Å². The molecule has 2 nitrogen and oxygen atoms in total. The zero-order valence-electron chi connectivity index (χ0n) is 13.5. The summed E-state index contributed by atoms with van der Waals surface area (Å²) in [5, 5.41) is 0. The fraction of sp³-hybridized carbons (Fsp3) is 0.611. The minimum atomic E-state index is -0.228. The molecule has 3 heteroatoms. The van der Waals surface area contributed by atoms with E-state index in [1.54, 1.807) is 12.1 Å². The van der Waals surface area contributed by atoms with Crippen LogP contribution in [0.5, 0.6) is 0 Å². The Morgan fingerprint density at radius 1 is 1.24 bits per heavy atom. The van der Waals surface area contributed by atoms with Crippen molar-refractivity contribution in [3.8, 4) is 0 Å².